The molecule has 142 valence electrons. The van der Waals surface area contributed by atoms with E-state index < -0.39 is 17.7 Å². The van der Waals surface area contributed by atoms with Crippen LogP contribution in [0.25, 0.3) is 0 Å². The van der Waals surface area contributed by atoms with Gasteiger partial charge in [-0.1, -0.05) is 6.92 Å². The second-order valence-corrected chi connectivity index (χ2v) is 7.02. The number of aromatic nitrogens is 1. The third kappa shape index (κ3) is 2.34. The minimum absolute atomic E-state index is 0.0510. The van der Waals surface area contributed by atoms with Gasteiger partial charge in [0, 0.05) is 30.1 Å². The van der Waals surface area contributed by atoms with Gasteiger partial charge < -0.3 is 20.9 Å². The number of nitrogens with one attached hydrogen (secondary N) is 1. The predicted molar refractivity (Wildman–Crippen MR) is 92.1 cm³/mol. The highest BCUT2D eigenvalue weighted by molar-refractivity contribution is 6.01. The minimum Gasteiger partial charge on any atom is -0.477 e. The lowest BCUT2D eigenvalue weighted by Crippen LogP contribution is -2.69. The van der Waals surface area contributed by atoms with Gasteiger partial charge in [0.15, 0.2) is 5.60 Å². The van der Waals surface area contributed by atoms with Crippen LogP contribution >= 0.6 is 0 Å². The van der Waals surface area contributed by atoms with Crippen LogP contribution in [0.15, 0.2) is 35.8 Å². The van der Waals surface area contributed by atoms with Crippen LogP contribution in [0.4, 0.5) is 4.79 Å². The van der Waals surface area contributed by atoms with Crippen LogP contribution in [0, 0.1) is 5.92 Å². The second kappa shape index (κ2) is 6.05. The van der Waals surface area contributed by atoms with Crippen LogP contribution < -0.4 is 11.1 Å². The van der Waals surface area contributed by atoms with Crippen LogP contribution in [-0.2, 0) is 19.9 Å². The fourth-order valence-corrected chi connectivity index (χ4v) is 4.72. The molecule has 2 saturated heterocycles. The molecule has 4 heterocycles. The summed E-state index contributed by atoms with van der Waals surface area (Å²) in [7, 11) is 0. The SMILES string of the molecule is CCC(OC(N)=O)(C1=C(C(=O)O)N2C(=O)[C@H]3NC[C@@H](C1)[C@H]32)c1ccncc1. The normalized spacial score (nSPS) is 28.3. The maximum atomic E-state index is 12.5. The molecular formula is C18H20N4O5. The van der Waals surface area contributed by atoms with Crippen LogP contribution in [0.1, 0.15) is 25.3 Å². The number of nitrogens with zero attached hydrogens (tertiary/aromatic N) is 2. The highest BCUT2D eigenvalue weighted by Gasteiger charge is 2.62. The molecule has 0 aromatic carbocycles. The number of β-lactam (4-membered cyclic amide) rings is 1. The number of amides is 2. The first kappa shape index (κ1) is 17.5. The van der Waals surface area contributed by atoms with E-state index in [9.17, 15) is 19.5 Å². The highest BCUT2D eigenvalue weighted by Crippen LogP contribution is 2.50. The molecule has 1 aromatic rings. The Morgan fingerprint density at radius 2 is 2.15 bits per heavy atom. The van der Waals surface area contributed by atoms with E-state index in [-0.39, 0.29) is 36.0 Å². The van der Waals surface area contributed by atoms with Crippen LogP contribution in [0.5, 0.6) is 0 Å². The number of rotatable bonds is 5. The van der Waals surface area contributed by atoms with E-state index >= 15 is 0 Å². The van der Waals surface area contributed by atoms with Gasteiger partial charge >= 0.3 is 12.1 Å². The molecule has 27 heavy (non-hydrogen) atoms. The van der Waals surface area contributed by atoms with Gasteiger partial charge in [0.05, 0.1) is 6.04 Å². The van der Waals surface area contributed by atoms with Gasteiger partial charge in [0.1, 0.15) is 11.7 Å². The molecule has 9 heteroatoms. The molecule has 0 spiro atoms. The van der Waals surface area contributed by atoms with Crippen molar-refractivity contribution < 1.29 is 24.2 Å². The van der Waals surface area contributed by atoms with Crippen molar-refractivity contribution >= 4 is 18.0 Å². The molecule has 3 aliphatic heterocycles. The average molecular weight is 372 g/mol. The summed E-state index contributed by atoms with van der Waals surface area (Å²) in [5.41, 5.74) is 4.83. The second-order valence-electron chi connectivity index (χ2n) is 7.02. The first-order chi connectivity index (χ1) is 12.9. The molecule has 4 atom stereocenters. The Morgan fingerprint density at radius 3 is 2.74 bits per heavy atom. The maximum Gasteiger partial charge on any atom is 0.405 e. The summed E-state index contributed by atoms with van der Waals surface area (Å²) in [5, 5.41) is 13.1. The van der Waals surface area contributed by atoms with Crippen molar-refractivity contribution in [3.63, 3.8) is 0 Å². The largest absolute Gasteiger partial charge is 0.477 e. The number of carboxylic acids is 1. The van der Waals surface area contributed by atoms with E-state index in [2.05, 4.69) is 10.3 Å². The predicted octanol–water partition coefficient (Wildman–Crippen LogP) is 0.323. The van der Waals surface area contributed by atoms with Crippen molar-refractivity contribution in [2.75, 3.05) is 6.54 Å². The fourth-order valence-electron chi connectivity index (χ4n) is 4.72. The maximum absolute atomic E-state index is 12.5. The monoisotopic (exact) mass is 372 g/mol. The molecule has 1 aromatic heterocycles. The summed E-state index contributed by atoms with van der Waals surface area (Å²) in [4.78, 5) is 41.8. The van der Waals surface area contributed by atoms with Crippen molar-refractivity contribution in [2.45, 2.75) is 37.5 Å². The number of nitrogens with two attached hydrogens (primary N) is 1. The standard InChI is InChI=1S/C18H20N4O5/c1-2-18(27-17(19)26,10-3-5-20-6-4-10)11-7-9-8-21-12-13(9)22(15(12)23)14(11)16(24)25/h3-6,9,12-13,21H,2,7-8H2,1H3,(H2,19,26)(H,24,25)/t9-,12+,13-,18?/m1/s1. The molecule has 2 fully saturated rings. The summed E-state index contributed by atoms with van der Waals surface area (Å²) < 4.78 is 5.57. The molecule has 1 unspecified atom stereocenters. The van der Waals surface area contributed by atoms with Gasteiger partial charge in [-0.3, -0.25) is 14.7 Å². The lowest BCUT2D eigenvalue weighted by molar-refractivity contribution is -0.154. The number of primary amides is 1. The number of hydrogen-bond donors (Lipinski definition) is 3. The highest BCUT2D eigenvalue weighted by atomic mass is 16.6. The summed E-state index contributed by atoms with van der Waals surface area (Å²) >= 11 is 0. The number of ether oxygens (including phenoxy) is 1. The van der Waals surface area contributed by atoms with Gasteiger partial charge in [-0.05, 0) is 30.9 Å². The number of carboxylic acid groups (broad SMARTS) is 1. The lowest BCUT2D eigenvalue weighted by atomic mass is 9.71. The van der Waals surface area contributed by atoms with Crippen molar-refractivity contribution in [1.29, 1.82) is 0 Å². The smallest absolute Gasteiger partial charge is 0.405 e. The third-order valence-corrected chi connectivity index (χ3v) is 5.83. The van der Waals surface area contributed by atoms with E-state index in [0.717, 1.165) is 0 Å². The van der Waals surface area contributed by atoms with Gasteiger partial charge in [0.2, 0.25) is 5.91 Å². The van der Waals surface area contributed by atoms with Gasteiger partial charge in [0.25, 0.3) is 0 Å². The van der Waals surface area contributed by atoms with Crippen LogP contribution in [0.2, 0.25) is 0 Å². The van der Waals surface area contributed by atoms with Crippen molar-refractivity contribution in [3.05, 3.63) is 41.4 Å². The van der Waals surface area contributed by atoms with E-state index in [1.54, 1.807) is 31.5 Å². The summed E-state index contributed by atoms with van der Waals surface area (Å²) in [5.74, 6) is -1.44. The van der Waals surface area contributed by atoms with Crippen LogP contribution in [-0.4, -0.2) is 51.6 Å². The molecular weight excluding hydrogens is 352 g/mol. The Hall–Kier alpha value is -2.94. The molecule has 4 N–H and O–H groups in total. The molecule has 4 rings (SSSR count). The summed E-state index contributed by atoms with van der Waals surface area (Å²) in [6.45, 7) is 2.39. The first-order valence-corrected chi connectivity index (χ1v) is 8.83. The van der Waals surface area contributed by atoms with Crippen molar-refractivity contribution in [2.24, 2.45) is 11.7 Å². The fraction of sp³-hybridized carbons (Fsp3) is 0.444. The summed E-state index contributed by atoms with van der Waals surface area (Å²) in [6.07, 6.45) is 2.73. The Morgan fingerprint density at radius 1 is 1.44 bits per heavy atom. The number of pyridine rings is 1. The van der Waals surface area contributed by atoms with Gasteiger partial charge in [-0.2, -0.15) is 0 Å². The Kier molecular flexibility index (Phi) is 3.92. The van der Waals surface area contributed by atoms with Crippen LogP contribution in [0.3, 0.4) is 0 Å². The van der Waals surface area contributed by atoms with Crippen molar-refractivity contribution in [1.82, 2.24) is 15.2 Å². The lowest BCUT2D eigenvalue weighted by Gasteiger charge is -2.51. The molecule has 9 nitrogen and oxygen atoms in total. The quantitative estimate of drug-likeness (QED) is 0.634. The third-order valence-electron chi connectivity index (χ3n) is 5.83. The summed E-state index contributed by atoms with van der Waals surface area (Å²) in [6, 6.07) is 2.82. The zero-order valence-electron chi connectivity index (χ0n) is 14.7. The molecule has 0 saturated carbocycles. The minimum atomic E-state index is -1.37. The Balaban J connectivity index is 1.94. The van der Waals surface area contributed by atoms with Crippen molar-refractivity contribution in [3.8, 4) is 0 Å². The molecule has 0 aliphatic carbocycles. The molecule has 2 amide bonds. The Labute approximate surface area is 155 Å². The number of carbonyl (C=O) groups excluding carboxylic acids is 2. The van der Waals surface area contributed by atoms with E-state index in [1.165, 1.54) is 4.90 Å². The van der Waals surface area contributed by atoms with E-state index in [0.29, 0.717) is 24.1 Å². The van der Waals surface area contributed by atoms with Gasteiger partial charge in [-0.25, -0.2) is 9.59 Å². The molecule has 0 radical (unpaired) electrons. The van der Waals surface area contributed by atoms with E-state index in [1.807, 2.05) is 0 Å². The first-order valence-electron chi connectivity index (χ1n) is 8.83. The molecule has 0 bridgehead atoms. The van der Waals surface area contributed by atoms with Gasteiger partial charge in [-0.15, -0.1) is 0 Å². The van der Waals surface area contributed by atoms with E-state index in [4.69, 9.17) is 10.5 Å². The number of aliphatic carboxylic acids is 1. The zero-order chi connectivity index (χ0) is 19.3. The topological polar surface area (TPSA) is 135 Å². The average Bonchev–Trinajstić information content (AvgIpc) is 3.06. The number of carbonyl (C=O) groups is 3. The molecule has 3 aliphatic rings. The zero-order valence-corrected chi connectivity index (χ0v) is 14.7. The number of hydrogen-bond acceptors (Lipinski definition) is 6. The Bertz CT molecular complexity index is 855.